The Labute approximate surface area is 97.8 Å². The number of hydrogen-bond donors (Lipinski definition) is 0. The fourth-order valence-corrected chi connectivity index (χ4v) is 3.30. The maximum atomic E-state index is 12.6. The fourth-order valence-electron chi connectivity index (χ4n) is 1.33. The Morgan fingerprint density at radius 1 is 1.38 bits per heavy atom. The second-order valence-electron chi connectivity index (χ2n) is 4.17. The zero-order valence-electron chi connectivity index (χ0n) is 9.93. The van der Waals surface area contributed by atoms with E-state index in [9.17, 15) is 4.57 Å². The Bertz CT molecular complexity index is 371. The van der Waals surface area contributed by atoms with E-state index in [1.165, 1.54) is 0 Å². The van der Waals surface area contributed by atoms with Gasteiger partial charge < -0.3 is 4.52 Å². The van der Waals surface area contributed by atoms with E-state index in [2.05, 4.69) is 6.58 Å². The Morgan fingerprint density at radius 3 is 2.50 bits per heavy atom. The van der Waals surface area contributed by atoms with Gasteiger partial charge in [-0.15, -0.1) is 6.58 Å². The number of rotatable bonds is 6. The van der Waals surface area contributed by atoms with E-state index in [1.54, 1.807) is 6.08 Å². The number of hydrogen-bond acceptors (Lipinski definition) is 2. The van der Waals surface area contributed by atoms with Crippen LogP contribution >= 0.6 is 7.37 Å². The van der Waals surface area contributed by atoms with E-state index >= 15 is 0 Å². The SMILES string of the molecule is C=CCP(=O)(OCC(C)C)c1ccccc1. The third kappa shape index (κ3) is 3.62. The van der Waals surface area contributed by atoms with Crippen molar-refractivity contribution in [2.75, 3.05) is 12.8 Å². The largest absolute Gasteiger partial charge is 0.325 e. The van der Waals surface area contributed by atoms with Gasteiger partial charge in [0, 0.05) is 11.5 Å². The molecule has 0 spiro atoms. The summed E-state index contributed by atoms with van der Waals surface area (Å²) in [6.45, 7) is 8.25. The van der Waals surface area contributed by atoms with Crippen LogP contribution in [0.4, 0.5) is 0 Å². The second kappa shape index (κ2) is 6.03. The summed E-state index contributed by atoms with van der Waals surface area (Å²) in [5.41, 5.74) is 0. The van der Waals surface area contributed by atoms with E-state index < -0.39 is 7.37 Å². The Morgan fingerprint density at radius 2 is 2.00 bits per heavy atom. The van der Waals surface area contributed by atoms with E-state index in [0.29, 0.717) is 18.7 Å². The number of allylic oxidation sites excluding steroid dienone is 1. The third-order valence-corrected chi connectivity index (χ3v) is 4.53. The van der Waals surface area contributed by atoms with Crippen molar-refractivity contribution in [2.24, 2.45) is 5.92 Å². The van der Waals surface area contributed by atoms with Crippen LogP contribution in [0.1, 0.15) is 13.8 Å². The van der Waals surface area contributed by atoms with Crippen LogP contribution in [-0.4, -0.2) is 12.8 Å². The molecular formula is C13H19O2P. The van der Waals surface area contributed by atoms with Gasteiger partial charge in [-0.05, 0) is 18.1 Å². The van der Waals surface area contributed by atoms with E-state index in [-0.39, 0.29) is 0 Å². The number of benzene rings is 1. The molecule has 0 aliphatic rings. The van der Waals surface area contributed by atoms with Gasteiger partial charge in [-0.25, -0.2) is 0 Å². The van der Waals surface area contributed by atoms with E-state index in [1.807, 2.05) is 44.2 Å². The predicted molar refractivity (Wildman–Crippen MR) is 69.5 cm³/mol. The third-order valence-electron chi connectivity index (χ3n) is 2.14. The van der Waals surface area contributed by atoms with Gasteiger partial charge in [0.2, 0.25) is 7.37 Å². The van der Waals surface area contributed by atoms with Crippen molar-refractivity contribution >= 4 is 12.7 Å². The molecule has 1 rings (SSSR count). The molecule has 2 nitrogen and oxygen atoms in total. The first-order valence-corrected chi connectivity index (χ1v) is 7.29. The summed E-state index contributed by atoms with van der Waals surface area (Å²) < 4.78 is 18.2. The average Bonchev–Trinajstić information content (AvgIpc) is 2.28. The molecule has 0 aromatic heterocycles. The van der Waals surface area contributed by atoms with Gasteiger partial charge in [0.1, 0.15) is 0 Å². The van der Waals surface area contributed by atoms with Gasteiger partial charge in [-0.2, -0.15) is 0 Å². The Kier molecular flexibility index (Phi) is 4.98. The molecule has 88 valence electrons. The first-order valence-electron chi connectivity index (χ1n) is 5.48. The van der Waals surface area contributed by atoms with Crippen molar-refractivity contribution in [2.45, 2.75) is 13.8 Å². The molecule has 1 aromatic carbocycles. The first-order chi connectivity index (χ1) is 7.58. The molecule has 0 fully saturated rings. The lowest BCUT2D eigenvalue weighted by molar-refractivity contribution is 0.277. The summed E-state index contributed by atoms with van der Waals surface area (Å²) in [5, 5.41) is 0.774. The van der Waals surface area contributed by atoms with Gasteiger partial charge in [-0.3, -0.25) is 4.57 Å². The highest BCUT2D eigenvalue weighted by Gasteiger charge is 2.24. The second-order valence-corrected chi connectivity index (χ2v) is 6.66. The van der Waals surface area contributed by atoms with Crippen LogP contribution in [-0.2, 0) is 9.09 Å². The Hall–Kier alpha value is -0.850. The predicted octanol–water partition coefficient (Wildman–Crippen LogP) is 3.45. The van der Waals surface area contributed by atoms with Gasteiger partial charge in [0.05, 0.1) is 6.61 Å². The smallest absolute Gasteiger partial charge is 0.235 e. The molecule has 3 heteroatoms. The molecule has 1 aromatic rings. The molecule has 0 saturated heterocycles. The molecule has 0 amide bonds. The van der Waals surface area contributed by atoms with Crippen LogP contribution in [0.15, 0.2) is 43.0 Å². The minimum Gasteiger partial charge on any atom is -0.325 e. The van der Waals surface area contributed by atoms with E-state index in [0.717, 1.165) is 5.30 Å². The van der Waals surface area contributed by atoms with Crippen molar-refractivity contribution in [1.82, 2.24) is 0 Å². The molecule has 0 heterocycles. The molecule has 0 radical (unpaired) electrons. The lowest BCUT2D eigenvalue weighted by Gasteiger charge is -2.18. The van der Waals surface area contributed by atoms with Crippen molar-refractivity contribution in [3.63, 3.8) is 0 Å². The highest BCUT2D eigenvalue weighted by Crippen LogP contribution is 2.45. The molecule has 0 aliphatic carbocycles. The molecule has 0 bridgehead atoms. The van der Waals surface area contributed by atoms with Crippen LogP contribution in [0.3, 0.4) is 0 Å². The van der Waals surface area contributed by atoms with Crippen molar-refractivity contribution in [3.8, 4) is 0 Å². The maximum Gasteiger partial charge on any atom is 0.235 e. The van der Waals surface area contributed by atoms with Gasteiger partial charge >= 0.3 is 0 Å². The summed E-state index contributed by atoms with van der Waals surface area (Å²) in [7, 11) is -2.74. The topological polar surface area (TPSA) is 26.3 Å². The van der Waals surface area contributed by atoms with Crippen molar-refractivity contribution < 1.29 is 9.09 Å². The van der Waals surface area contributed by atoms with Crippen LogP contribution in [0.5, 0.6) is 0 Å². The van der Waals surface area contributed by atoms with Crippen molar-refractivity contribution in [1.29, 1.82) is 0 Å². The van der Waals surface area contributed by atoms with Crippen molar-refractivity contribution in [3.05, 3.63) is 43.0 Å². The fraction of sp³-hybridized carbons (Fsp3) is 0.385. The monoisotopic (exact) mass is 238 g/mol. The normalized spacial score (nSPS) is 14.7. The zero-order valence-corrected chi connectivity index (χ0v) is 10.8. The molecule has 16 heavy (non-hydrogen) atoms. The molecule has 0 N–H and O–H groups in total. The molecule has 0 saturated carbocycles. The highest BCUT2D eigenvalue weighted by molar-refractivity contribution is 7.67. The lowest BCUT2D eigenvalue weighted by Crippen LogP contribution is -2.12. The molecule has 1 unspecified atom stereocenters. The summed E-state index contributed by atoms with van der Waals surface area (Å²) >= 11 is 0. The Balaban J connectivity index is 2.88. The van der Waals surface area contributed by atoms with Crippen LogP contribution in [0.2, 0.25) is 0 Å². The van der Waals surface area contributed by atoms with Gasteiger partial charge in [-0.1, -0.05) is 38.1 Å². The summed E-state index contributed by atoms with van der Waals surface area (Å²) in [4.78, 5) is 0. The molecule has 1 atom stereocenters. The van der Waals surface area contributed by atoms with E-state index in [4.69, 9.17) is 4.52 Å². The zero-order chi connectivity index (χ0) is 12.0. The summed E-state index contributed by atoms with van der Waals surface area (Å²) in [5.74, 6) is 0.377. The van der Waals surface area contributed by atoms with Gasteiger partial charge in [0.25, 0.3) is 0 Å². The van der Waals surface area contributed by atoms with Gasteiger partial charge in [0.15, 0.2) is 0 Å². The lowest BCUT2D eigenvalue weighted by atomic mass is 10.2. The quantitative estimate of drug-likeness (QED) is 0.560. The molecular weight excluding hydrogens is 219 g/mol. The van der Waals surface area contributed by atoms with Crippen LogP contribution < -0.4 is 5.30 Å². The maximum absolute atomic E-state index is 12.6. The van der Waals surface area contributed by atoms with Crippen LogP contribution in [0.25, 0.3) is 0 Å². The highest BCUT2D eigenvalue weighted by atomic mass is 31.2. The minimum atomic E-state index is -2.74. The van der Waals surface area contributed by atoms with Crippen LogP contribution in [0, 0.1) is 5.92 Å². The summed E-state index contributed by atoms with van der Waals surface area (Å²) in [6, 6.07) is 9.37. The average molecular weight is 238 g/mol. The summed E-state index contributed by atoms with van der Waals surface area (Å²) in [6.07, 6.45) is 2.05. The standard InChI is InChI=1S/C13H19O2P/c1-4-10-16(14,15-11-12(2)3)13-8-6-5-7-9-13/h4-9,12H,1,10-11H2,2-3H3. The molecule has 0 aliphatic heterocycles. The minimum absolute atomic E-state index is 0.377. The first kappa shape index (κ1) is 13.2.